The van der Waals surface area contributed by atoms with Crippen molar-refractivity contribution < 1.29 is 23.8 Å². The number of nitrogens with zero attached hydrogens (tertiary/aromatic N) is 2. The number of ether oxygens (including phenoxy) is 3. The molecular weight excluding hydrogens is 396 g/mol. The first-order valence-corrected chi connectivity index (χ1v) is 10.8. The van der Waals surface area contributed by atoms with Crippen molar-refractivity contribution in [2.75, 3.05) is 40.4 Å². The van der Waals surface area contributed by atoms with E-state index in [9.17, 15) is 9.59 Å². The van der Waals surface area contributed by atoms with E-state index >= 15 is 0 Å². The molecule has 7 heteroatoms. The van der Waals surface area contributed by atoms with Crippen molar-refractivity contribution in [1.29, 1.82) is 0 Å². The number of amides is 2. The predicted octanol–water partition coefficient (Wildman–Crippen LogP) is 4.21. The number of likely N-dealkylation sites (tertiary alicyclic amines) is 1. The van der Waals surface area contributed by atoms with Gasteiger partial charge >= 0.3 is 6.09 Å². The second kappa shape index (κ2) is 11.1. The maximum Gasteiger partial charge on any atom is 0.410 e. The molecule has 172 valence electrons. The second-order valence-electron chi connectivity index (χ2n) is 8.83. The van der Waals surface area contributed by atoms with Gasteiger partial charge < -0.3 is 24.0 Å². The maximum absolute atomic E-state index is 12.7. The Hall–Kier alpha value is -2.70. The first-order valence-electron chi connectivity index (χ1n) is 10.8. The molecule has 0 saturated carbocycles. The van der Waals surface area contributed by atoms with Crippen LogP contribution in [0.3, 0.4) is 0 Å². The van der Waals surface area contributed by atoms with Crippen LogP contribution in [-0.2, 0) is 9.53 Å². The van der Waals surface area contributed by atoms with E-state index in [0.29, 0.717) is 31.2 Å². The number of hydrogen-bond acceptors (Lipinski definition) is 5. The summed E-state index contributed by atoms with van der Waals surface area (Å²) in [4.78, 5) is 28.4. The van der Waals surface area contributed by atoms with Gasteiger partial charge in [0, 0.05) is 32.8 Å². The Bertz CT molecular complexity index is 785. The highest BCUT2D eigenvalue weighted by molar-refractivity contribution is 5.92. The summed E-state index contributed by atoms with van der Waals surface area (Å²) in [7, 11) is 3.35. The first-order chi connectivity index (χ1) is 14.6. The van der Waals surface area contributed by atoms with E-state index in [0.717, 1.165) is 24.9 Å². The lowest BCUT2D eigenvalue weighted by molar-refractivity contribution is -0.127. The lowest BCUT2D eigenvalue weighted by Gasteiger charge is -2.34. The maximum atomic E-state index is 12.7. The van der Waals surface area contributed by atoms with Crippen molar-refractivity contribution in [3.05, 3.63) is 29.8 Å². The fourth-order valence-corrected chi connectivity index (χ4v) is 3.55. The van der Waals surface area contributed by atoms with E-state index in [1.807, 2.05) is 50.8 Å². The van der Waals surface area contributed by atoms with Gasteiger partial charge in [0.1, 0.15) is 5.60 Å². The zero-order valence-electron chi connectivity index (χ0n) is 19.6. The average molecular weight is 433 g/mol. The molecule has 1 aliphatic heterocycles. The van der Waals surface area contributed by atoms with Crippen LogP contribution >= 0.6 is 0 Å². The average Bonchev–Trinajstić information content (AvgIpc) is 2.71. The molecule has 2 amide bonds. The Kier molecular flexibility index (Phi) is 8.77. The molecule has 7 nitrogen and oxygen atoms in total. The highest BCUT2D eigenvalue weighted by atomic mass is 16.6. The van der Waals surface area contributed by atoms with Gasteiger partial charge in [-0.25, -0.2) is 4.79 Å². The highest BCUT2D eigenvalue weighted by Crippen LogP contribution is 2.28. The van der Waals surface area contributed by atoms with Crippen molar-refractivity contribution in [2.24, 2.45) is 5.92 Å². The fraction of sp³-hybridized carbons (Fsp3) is 0.583. The Labute approximate surface area is 185 Å². The van der Waals surface area contributed by atoms with Gasteiger partial charge in [-0.15, -0.1) is 0 Å². The smallest absolute Gasteiger partial charge is 0.410 e. The van der Waals surface area contributed by atoms with E-state index < -0.39 is 5.60 Å². The van der Waals surface area contributed by atoms with Crippen molar-refractivity contribution in [1.82, 2.24) is 9.80 Å². The van der Waals surface area contributed by atoms with Gasteiger partial charge in [0.25, 0.3) is 0 Å². The summed E-state index contributed by atoms with van der Waals surface area (Å²) >= 11 is 0. The monoisotopic (exact) mass is 432 g/mol. The summed E-state index contributed by atoms with van der Waals surface area (Å²) in [6, 6.07) is 5.58. The molecule has 1 aliphatic rings. The molecule has 1 saturated heterocycles. The van der Waals surface area contributed by atoms with E-state index in [1.165, 1.54) is 0 Å². The van der Waals surface area contributed by atoms with Crippen LogP contribution in [0.2, 0.25) is 0 Å². The Morgan fingerprint density at radius 1 is 1.26 bits per heavy atom. The molecule has 0 spiro atoms. The second-order valence-corrected chi connectivity index (χ2v) is 8.83. The third-order valence-electron chi connectivity index (χ3n) is 4.97. The summed E-state index contributed by atoms with van der Waals surface area (Å²) in [6.07, 6.45) is 4.96. The summed E-state index contributed by atoms with van der Waals surface area (Å²) in [5.74, 6) is 1.52. The van der Waals surface area contributed by atoms with Gasteiger partial charge in [0.05, 0.1) is 13.7 Å². The first kappa shape index (κ1) is 24.6. The standard InChI is InChI=1S/C24H36N2O5/c1-7-30-21-15-18(10-12-20(21)29-6)11-13-22(27)26-14-8-9-19(17-26)16-25(5)23(28)31-24(2,3)4/h10-13,15,19H,7-9,14,16-17H2,1-6H3/b13-11+. The van der Waals surface area contributed by atoms with Gasteiger partial charge in [-0.2, -0.15) is 0 Å². The number of hydrogen-bond donors (Lipinski definition) is 0. The third-order valence-corrected chi connectivity index (χ3v) is 4.97. The predicted molar refractivity (Wildman–Crippen MR) is 121 cm³/mol. The number of piperidine rings is 1. The molecule has 1 aromatic carbocycles. The highest BCUT2D eigenvalue weighted by Gasteiger charge is 2.26. The molecule has 0 N–H and O–H groups in total. The molecule has 1 fully saturated rings. The quantitative estimate of drug-likeness (QED) is 0.604. The topological polar surface area (TPSA) is 68.3 Å². The number of carbonyl (C=O) groups excluding carboxylic acids is 2. The molecule has 0 bridgehead atoms. The summed E-state index contributed by atoms with van der Waals surface area (Å²) in [5, 5.41) is 0. The SMILES string of the molecule is CCOc1cc(/C=C/C(=O)N2CCCC(CN(C)C(=O)OC(C)(C)C)C2)ccc1OC. The van der Waals surface area contributed by atoms with Crippen LogP contribution < -0.4 is 9.47 Å². The van der Waals surface area contributed by atoms with E-state index in [1.54, 1.807) is 31.2 Å². The van der Waals surface area contributed by atoms with Crippen molar-refractivity contribution in [3.8, 4) is 11.5 Å². The molecule has 1 atom stereocenters. The van der Waals surface area contributed by atoms with Gasteiger partial charge in [-0.05, 0) is 70.2 Å². The zero-order chi connectivity index (χ0) is 23.0. The van der Waals surface area contributed by atoms with Crippen molar-refractivity contribution in [3.63, 3.8) is 0 Å². The molecule has 0 radical (unpaired) electrons. The summed E-state index contributed by atoms with van der Waals surface area (Å²) < 4.78 is 16.3. The lowest BCUT2D eigenvalue weighted by atomic mass is 9.97. The lowest BCUT2D eigenvalue weighted by Crippen LogP contribution is -2.44. The van der Waals surface area contributed by atoms with Crippen LogP contribution in [0.4, 0.5) is 4.79 Å². The van der Waals surface area contributed by atoms with Gasteiger partial charge in [0.2, 0.25) is 5.91 Å². The molecular formula is C24H36N2O5. The van der Waals surface area contributed by atoms with Crippen LogP contribution in [-0.4, -0.2) is 67.8 Å². The van der Waals surface area contributed by atoms with Crippen molar-refractivity contribution >= 4 is 18.1 Å². The van der Waals surface area contributed by atoms with Gasteiger partial charge in [0.15, 0.2) is 11.5 Å². The molecule has 2 rings (SSSR count). The fourth-order valence-electron chi connectivity index (χ4n) is 3.55. The van der Waals surface area contributed by atoms with Gasteiger partial charge in [-0.3, -0.25) is 4.79 Å². The number of rotatable bonds is 7. The number of methoxy groups -OCH3 is 1. The van der Waals surface area contributed by atoms with Gasteiger partial charge in [-0.1, -0.05) is 6.07 Å². The van der Waals surface area contributed by atoms with Crippen LogP contribution in [0.5, 0.6) is 11.5 Å². The molecule has 0 aliphatic carbocycles. The molecule has 0 aromatic heterocycles. The third kappa shape index (κ3) is 7.81. The van der Waals surface area contributed by atoms with Crippen LogP contribution in [0, 0.1) is 5.92 Å². The largest absolute Gasteiger partial charge is 0.493 e. The Balaban J connectivity index is 1.95. The van der Waals surface area contributed by atoms with E-state index in [4.69, 9.17) is 14.2 Å². The van der Waals surface area contributed by atoms with Crippen LogP contribution in [0.15, 0.2) is 24.3 Å². The number of benzene rings is 1. The minimum atomic E-state index is -0.520. The molecule has 31 heavy (non-hydrogen) atoms. The minimum absolute atomic E-state index is 0.0293. The van der Waals surface area contributed by atoms with Crippen LogP contribution in [0.25, 0.3) is 6.08 Å². The normalized spacial score (nSPS) is 16.8. The zero-order valence-corrected chi connectivity index (χ0v) is 19.6. The Morgan fingerprint density at radius 2 is 2.00 bits per heavy atom. The molecule has 1 heterocycles. The summed E-state index contributed by atoms with van der Waals surface area (Å²) in [6.45, 7) is 9.93. The molecule has 1 unspecified atom stereocenters. The summed E-state index contributed by atoms with van der Waals surface area (Å²) in [5.41, 5.74) is 0.351. The van der Waals surface area contributed by atoms with Crippen LogP contribution in [0.1, 0.15) is 46.1 Å². The molecule has 1 aromatic rings. The van der Waals surface area contributed by atoms with E-state index in [2.05, 4.69) is 0 Å². The van der Waals surface area contributed by atoms with E-state index in [-0.39, 0.29) is 17.9 Å². The van der Waals surface area contributed by atoms with Crippen molar-refractivity contribution in [2.45, 2.75) is 46.1 Å². The minimum Gasteiger partial charge on any atom is -0.493 e. The Morgan fingerprint density at radius 3 is 2.65 bits per heavy atom. The number of carbonyl (C=O) groups is 2.